The number of carbonyl (C=O) groups is 1. The Hall–Kier alpha value is -2.51. The van der Waals surface area contributed by atoms with E-state index >= 15 is 0 Å². The molecule has 1 aromatic carbocycles. The van der Waals surface area contributed by atoms with Crippen molar-refractivity contribution >= 4 is 17.2 Å². The minimum Gasteiger partial charge on any atom is -0.466 e. The van der Waals surface area contributed by atoms with Crippen molar-refractivity contribution in [1.82, 2.24) is 5.32 Å². The van der Waals surface area contributed by atoms with Crippen LogP contribution in [0.1, 0.15) is 21.0 Å². The lowest BCUT2D eigenvalue weighted by Crippen LogP contribution is -2.41. The fraction of sp³-hybridized carbons (Fsp3) is 0.118. The first-order valence-electron chi connectivity index (χ1n) is 7.04. The molecule has 0 spiro atoms. The summed E-state index contributed by atoms with van der Waals surface area (Å²) in [6.07, 6.45) is 1.42. The van der Waals surface area contributed by atoms with Crippen molar-refractivity contribution in [3.8, 4) is 0 Å². The molecule has 0 saturated heterocycles. The van der Waals surface area contributed by atoms with E-state index in [2.05, 4.69) is 5.32 Å². The minimum atomic E-state index is -1.55. The molecule has 3 aromatic rings. The SMILES string of the molecule is O=C(NC[C@@](O)(c1ccco1)c1cccs1)c1ccc(F)c(F)c1. The van der Waals surface area contributed by atoms with E-state index in [0.29, 0.717) is 4.88 Å². The van der Waals surface area contributed by atoms with Crippen molar-refractivity contribution in [2.24, 2.45) is 0 Å². The predicted molar refractivity (Wildman–Crippen MR) is 84.7 cm³/mol. The summed E-state index contributed by atoms with van der Waals surface area (Å²) < 4.78 is 31.5. The molecule has 124 valence electrons. The van der Waals surface area contributed by atoms with Crippen molar-refractivity contribution in [3.05, 3.63) is 81.9 Å². The van der Waals surface area contributed by atoms with E-state index in [1.807, 2.05) is 0 Å². The van der Waals surface area contributed by atoms with E-state index in [9.17, 15) is 18.7 Å². The van der Waals surface area contributed by atoms with Crippen LogP contribution < -0.4 is 5.32 Å². The van der Waals surface area contributed by atoms with Crippen LogP contribution in [-0.4, -0.2) is 17.6 Å². The van der Waals surface area contributed by atoms with Gasteiger partial charge in [-0.2, -0.15) is 0 Å². The number of rotatable bonds is 5. The van der Waals surface area contributed by atoms with Crippen molar-refractivity contribution in [2.45, 2.75) is 5.60 Å². The Morgan fingerprint density at radius 2 is 2.04 bits per heavy atom. The number of amides is 1. The Labute approximate surface area is 140 Å². The van der Waals surface area contributed by atoms with E-state index in [4.69, 9.17) is 4.42 Å². The lowest BCUT2D eigenvalue weighted by atomic mass is 9.98. The molecule has 2 N–H and O–H groups in total. The second kappa shape index (κ2) is 6.54. The van der Waals surface area contributed by atoms with Crippen LogP contribution >= 0.6 is 11.3 Å². The van der Waals surface area contributed by atoms with Crippen LogP contribution in [0.4, 0.5) is 8.78 Å². The van der Waals surface area contributed by atoms with Crippen LogP contribution in [0.3, 0.4) is 0 Å². The highest BCUT2D eigenvalue weighted by Gasteiger charge is 2.36. The first kappa shape index (κ1) is 16.4. The van der Waals surface area contributed by atoms with Gasteiger partial charge in [0.15, 0.2) is 17.2 Å². The van der Waals surface area contributed by atoms with Gasteiger partial charge in [-0.15, -0.1) is 11.3 Å². The smallest absolute Gasteiger partial charge is 0.251 e. The first-order valence-corrected chi connectivity index (χ1v) is 7.92. The van der Waals surface area contributed by atoms with Gasteiger partial charge in [-0.05, 0) is 41.8 Å². The van der Waals surface area contributed by atoms with Crippen LogP contribution in [0.25, 0.3) is 0 Å². The third-order valence-corrected chi connectivity index (χ3v) is 4.57. The van der Waals surface area contributed by atoms with Gasteiger partial charge >= 0.3 is 0 Å². The van der Waals surface area contributed by atoms with Gasteiger partial charge < -0.3 is 14.8 Å². The molecule has 1 atom stereocenters. The van der Waals surface area contributed by atoms with Crippen LogP contribution in [0.15, 0.2) is 58.5 Å². The molecule has 4 nitrogen and oxygen atoms in total. The Morgan fingerprint density at radius 3 is 2.67 bits per heavy atom. The third kappa shape index (κ3) is 3.08. The van der Waals surface area contributed by atoms with E-state index in [0.717, 1.165) is 12.1 Å². The van der Waals surface area contributed by atoms with Gasteiger partial charge in [0.2, 0.25) is 0 Å². The zero-order valence-corrected chi connectivity index (χ0v) is 13.1. The highest BCUT2D eigenvalue weighted by atomic mass is 32.1. The molecule has 0 aliphatic rings. The Bertz CT molecular complexity index is 797. The Morgan fingerprint density at radius 1 is 1.21 bits per heavy atom. The lowest BCUT2D eigenvalue weighted by molar-refractivity contribution is 0.0554. The largest absolute Gasteiger partial charge is 0.466 e. The summed E-state index contributed by atoms with van der Waals surface area (Å²) in [7, 11) is 0. The summed E-state index contributed by atoms with van der Waals surface area (Å²) >= 11 is 1.31. The fourth-order valence-electron chi connectivity index (χ4n) is 2.27. The van der Waals surface area contributed by atoms with E-state index in [-0.39, 0.29) is 17.9 Å². The molecule has 0 bridgehead atoms. The second-order valence-corrected chi connectivity index (χ2v) is 6.07. The molecule has 0 unspecified atom stereocenters. The van der Waals surface area contributed by atoms with Crippen molar-refractivity contribution in [2.75, 3.05) is 6.54 Å². The Kier molecular flexibility index (Phi) is 4.46. The van der Waals surface area contributed by atoms with E-state index < -0.39 is 23.1 Å². The number of nitrogens with one attached hydrogen (secondary N) is 1. The van der Waals surface area contributed by atoms with E-state index in [1.165, 1.54) is 23.7 Å². The number of hydrogen-bond donors (Lipinski definition) is 2. The van der Waals surface area contributed by atoms with Crippen LogP contribution in [-0.2, 0) is 5.60 Å². The minimum absolute atomic E-state index is 0.0399. The van der Waals surface area contributed by atoms with Crippen molar-refractivity contribution in [1.29, 1.82) is 0 Å². The number of furan rings is 1. The highest BCUT2D eigenvalue weighted by Crippen LogP contribution is 2.32. The predicted octanol–water partition coefficient (Wildman–Crippen LogP) is 3.29. The average Bonchev–Trinajstić information content (AvgIpc) is 3.28. The van der Waals surface area contributed by atoms with Gasteiger partial charge in [0.05, 0.1) is 12.8 Å². The number of aliphatic hydroxyl groups is 1. The second-order valence-electron chi connectivity index (χ2n) is 5.13. The molecule has 1 amide bonds. The molecule has 0 aliphatic heterocycles. The molecule has 2 aromatic heterocycles. The van der Waals surface area contributed by atoms with Gasteiger partial charge in [0.1, 0.15) is 5.76 Å². The topological polar surface area (TPSA) is 62.5 Å². The fourth-order valence-corrected chi connectivity index (χ4v) is 3.10. The van der Waals surface area contributed by atoms with Gasteiger partial charge in [-0.3, -0.25) is 4.79 Å². The van der Waals surface area contributed by atoms with E-state index in [1.54, 1.807) is 29.6 Å². The summed E-state index contributed by atoms with van der Waals surface area (Å²) in [5.74, 6) is -2.49. The van der Waals surface area contributed by atoms with Crippen molar-refractivity contribution < 1.29 is 23.1 Å². The molecule has 24 heavy (non-hydrogen) atoms. The molecule has 2 heterocycles. The maximum Gasteiger partial charge on any atom is 0.251 e. The van der Waals surface area contributed by atoms with Crippen LogP contribution in [0, 0.1) is 11.6 Å². The number of halogens is 2. The molecule has 0 saturated carbocycles. The summed E-state index contributed by atoms with van der Waals surface area (Å²) in [5.41, 5.74) is -1.59. The quantitative estimate of drug-likeness (QED) is 0.743. The molecule has 0 aliphatic carbocycles. The van der Waals surface area contributed by atoms with Crippen LogP contribution in [0.2, 0.25) is 0 Å². The summed E-state index contributed by atoms with van der Waals surface area (Å²) in [4.78, 5) is 12.7. The lowest BCUT2D eigenvalue weighted by Gasteiger charge is -2.25. The number of thiophene rings is 1. The first-order chi connectivity index (χ1) is 11.5. The Balaban J connectivity index is 1.82. The zero-order valence-electron chi connectivity index (χ0n) is 12.3. The summed E-state index contributed by atoms with van der Waals surface area (Å²) in [6.45, 7) is -0.182. The number of benzene rings is 1. The van der Waals surface area contributed by atoms with Crippen molar-refractivity contribution in [3.63, 3.8) is 0 Å². The highest BCUT2D eigenvalue weighted by molar-refractivity contribution is 7.10. The normalized spacial score (nSPS) is 13.5. The van der Waals surface area contributed by atoms with Gasteiger partial charge in [0.25, 0.3) is 5.91 Å². The third-order valence-electron chi connectivity index (χ3n) is 3.54. The summed E-state index contributed by atoms with van der Waals surface area (Å²) in [5, 5.41) is 15.3. The molecule has 7 heteroatoms. The molecule has 0 fully saturated rings. The van der Waals surface area contributed by atoms with Gasteiger partial charge in [-0.25, -0.2) is 8.78 Å². The van der Waals surface area contributed by atoms with Crippen LogP contribution in [0.5, 0.6) is 0 Å². The van der Waals surface area contributed by atoms with Gasteiger partial charge in [0, 0.05) is 10.4 Å². The standard InChI is InChI=1S/C17H13F2NO3S/c18-12-6-5-11(9-13(12)19)16(21)20-10-17(22,14-3-1-7-23-14)15-4-2-8-24-15/h1-9,22H,10H2,(H,20,21)/t17-/m1/s1. The molecule has 3 rings (SSSR count). The zero-order chi connectivity index (χ0) is 17.2. The average molecular weight is 349 g/mol. The monoisotopic (exact) mass is 349 g/mol. The maximum absolute atomic E-state index is 13.2. The maximum atomic E-state index is 13.2. The molecular formula is C17H13F2NO3S. The number of carbonyl (C=O) groups excluding carboxylic acids is 1. The summed E-state index contributed by atoms with van der Waals surface area (Å²) in [6, 6.07) is 9.57. The van der Waals surface area contributed by atoms with Gasteiger partial charge in [-0.1, -0.05) is 6.07 Å². The number of hydrogen-bond acceptors (Lipinski definition) is 4. The molecule has 0 radical (unpaired) electrons. The molecular weight excluding hydrogens is 336 g/mol.